The van der Waals surface area contributed by atoms with E-state index in [1.807, 2.05) is 18.7 Å². The minimum absolute atomic E-state index is 0.572. The summed E-state index contributed by atoms with van der Waals surface area (Å²) in [5.41, 5.74) is 4.68. The molecule has 2 rings (SSSR count). The first-order valence-electron chi connectivity index (χ1n) is 6.51. The van der Waals surface area contributed by atoms with Crippen LogP contribution in [0.2, 0.25) is 0 Å². The second-order valence-electron chi connectivity index (χ2n) is 5.10. The Labute approximate surface area is 123 Å². The van der Waals surface area contributed by atoms with Crippen molar-refractivity contribution < 1.29 is 0 Å². The van der Waals surface area contributed by atoms with Crippen LogP contribution >= 0.6 is 15.9 Å². The van der Waals surface area contributed by atoms with Gasteiger partial charge in [0.15, 0.2) is 0 Å². The zero-order valence-corrected chi connectivity index (χ0v) is 13.5. The molecule has 4 heteroatoms. The number of nitrogens with zero attached hydrogens (tertiary/aromatic N) is 2. The molecule has 0 amide bonds. The highest BCUT2D eigenvalue weighted by Crippen LogP contribution is 2.22. The highest BCUT2D eigenvalue weighted by molar-refractivity contribution is 9.10. The van der Waals surface area contributed by atoms with Crippen molar-refractivity contribution in [3.63, 3.8) is 0 Å². The summed E-state index contributed by atoms with van der Waals surface area (Å²) in [5.74, 6) is 0.572. The van der Waals surface area contributed by atoms with Crippen molar-refractivity contribution in [3.8, 4) is 0 Å². The Kier molecular flexibility index (Phi) is 4.30. The lowest BCUT2D eigenvalue weighted by atomic mass is 10.0. The van der Waals surface area contributed by atoms with Gasteiger partial charge in [0.2, 0.25) is 0 Å². The zero-order valence-electron chi connectivity index (χ0n) is 11.9. The Morgan fingerprint density at radius 1 is 1.26 bits per heavy atom. The van der Waals surface area contributed by atoms with Gasteiger partial charge >= 0.3 is 0 Å². The van der Waals surface area contributed by atoms with Gasteiger partial charge in [-0.05, 0) is 46.5 Å². The molecule has 1 heterocycles. The van der Waals surface area contributed by atoms with Crippen LogP contribution in [-0.4, -0.2) is 9.78 Å². The standard InChI is InChI=1S/C15H20BrN3/c1-10(2)12-5-7-13(8-6-12)17-9-14-15(16)11(3)18-19(14)4/h5-8,10,17H,9H2,1-4H3. The Bertz CT molecular complexity index is 556. The number of hydrogen-bond donors (Lipinski definition) is 1. The summed E-state index contributed by atoms with van der Waals surface area (Å²) in [4.78, 5) is 0. The molecule has 19 heavy (non-hydrogen) atoms. The maximum atomic E-state index is 4.39. The fraction of sp³-hybridized carbons (Fsp3) is 0.400. The van der Waals surface area contributed by atoms with Gasteiger partial charge in [0.05, 0.1) is 22.4 Å². The summed E-state index contributed by atoms with van der Waals surface area (Å²) < 4.78 is 3.00. The maximum absolute atomic E-state index is 4.39. The van der Waals surface area contributed by atoms with Gasteiger partial charge in [-0.3, -0.25) is 4.68 Å². The quantitative estimate of drug-likeness (QED) is 0.913. The third-order valence-electron chi connectivity index (χ3n) is 3.30. The van der Waals surface area contributed by atoms with Crippen LogP contribution in [0.4, 0.5) is 5.69 Å². The Hall–Kier alpha value is -1.29. The highest BCUT2D eigenvalue weighted by Gasteiger charge is 2.09. The van der Waals surface area contributed by atoms with E-state index in [4.69, 9.17) is 0 Å². The molecule has 0 aliphatic rings. The van der Waals surface area contributed by atoms with Crippen molar-refractivity contribution in [2.75, 3.05) is 5.32 Å². The monoisotopic (exact) mass is 321 g/mol. The summed E-state index contributed by atoms with van der Waals surface area (Å²) in [6.07, 6.45) is 0. The number of hydrogen-bond acceptors (Lipinski definition) is 2. The summed E-state index contributed by atoms with van der Waals surface area (Å²) in [5, 5.41) is 7.82. The lowest BCUT2D eigenvalue weighted by Gasteiger charge is -2.10. The van der Waals surface area contributed by atoms with Gasteiger partial charge in [0.25, 0.3) is 0 Å². The van der Waals surface area contributed by atoms with Crippen LogP contribution < -0.4 is 5.32 Å². The maximum Gasteiger partial charge on any atom is 0.0739 e. The normalized spacial score (nSPS) is 11.1. The topological polar surface area (TPSA) is 29.9 Å². The smallest absolute Gasteiger partial charge is 0.0739 e. The summed E-state index contributed by atoms with van der Waals surface area (Å²) >= 11 is 3.58. The molecular weight excluding hydrogens is 302 g/mol. The van der Waals surface area contributed by atoms with Crippen LogP contribution in [0.1, 0.15) is 36.7 Å². The fourth-order valence-corrected chi connectivity index (χ4v) is 2.52. The van der Waals surface area contributed by atoms with E-state index in [0.717, 1.165) is 28.1 Å². The van der Waals surface area contributed by atoms with Gasteiger partial charge in [-0.2, -0.15) is 5.10 Å². The number of benzene rings is 1. The molecular formula is C15H20BrN3. The third kappa shape index (κ3) is 3.18. The number of nitrogens with one attached hydrogen (secondary N) is 1. The van der Waals surface area contributed by atoms with E-state index < -0.39 is 0 Å². The first-order valence-corrected chi connectivity index (χ1v) is 7.30. The number of rotatable bonds is 4. The van der Waals surface area contributed by atoms with E-state index in [0.29, 0.717) is 5.92 Å². The molecule has 0 bridgehead atoms. The van der Waals surface area contributed by atoms with Crippen LogP contribution in [0.15, 0.2) is 28.7 Å². The average Bonchev–Trinajstić information content (AvgIpc) is 2.62. The van der Waals surface area contributed by atoms with Crippen molar-refractivity contribution in [1.82, 2.24) is 9.78 Å². The fourth-order valence-electron chi connectivity index (χ4n) is 2.04. The van der Waals surface area contributed by atoms with Crippen LogP contribution in [0.25, 0.3) is 0 Å². The van der Waals surface area contributed by atoms with E-state index in [2.05, 4.69) is 64.5 Å². The minimum atomic E-state index is 0.572. The second kappa shape index (κ2) is 5.78. The van der Waals surface area contributed by atoms with Crippen LogP contribution in [0.5, 0.6) is 0 Å². The number of anilines is 1. The molecule has 0 unspecified atom stereocenters. The SMILES string of the molecule is Cc1nn(C)c(CNc2ccc(C(C)C)cc2)c1Br. The molecule has 1 aromatic heterocycles. The van der Waals surface area contributed by atoms with Gasteiger partial charge < -0.3 is 5.32 Å². The first-order chi connectivity index (χ1) is 8.99. The summed E-state index contributed by atoms with van der Waals surface area (Å²) in [7, 11) is 1.97. The Morgan fingerprint density at radius 2 is 1.89 bits per heavy atom. The van der Waals surface area contributed by atoms with Crippen LogP contribution in [0, 0.1) is 6.92 Å². The molecule has 0 saturated heterocycles. The summed E-state index contributed by atoms with van der Waals surface area (Å²) in [6.45, 7) is 7.18. The molecule has 3 nitrogen and oxygen atoms in total. The van der Waals surface area contributed by atoms with E-state index in [-0.39, 0.29) is 0 Å². The van der Waals surface area contributed by atoms with Gasteiger partial charge in [-0.1, -0.05) is 26.0 Å². The van der Waals surface area contributed by atoms with E-state index >= 15 is 0 Å². The largest absolute Gasteiger partial charge is 0.379 e. The number of halogens is 1. The Balaban J connectivity index is 2.06. The molecule has 0 atom stereocenters. The predicted molar refractivity (Wildman–Crippen MR) is 83.5 cm³/mol. The van der Waals surface area contributed by atoms with Gasteiger partial charge in [0.1, 0.15) is 0 Å². The van der Waals surface area contributed by atoms with Gasteiger partial charge in [-0.15, -0.1) is 0 Å². The zero-order chi connectivity index (χ0) is 14.0. The molecule has 1 N–H and O–H groups in total. The number of aromatic nitrogens is 2. The lowest BCUT2D eigenvalue weighted by molar-refractivity contribution is 0.712. The van der Waals surface area contributed by atoms with Gasteiger partial charge in [0, 0.05) is 12.7 Å². The molecule has 102 valence electrons. The highest BCUT2D eigenvalue weighted by atomic mass is 79.9. The van der Waals surface area contributed by atoms with E-state index in [1.165, 1.54) is 5.56 Å². The summed E-state index contributed by atoms with van der Waals surface area (Å²) in [6, 6.07) is 8.62. The van der Waals surface area contributed by atoms with Crippen molar-refractivity contribution in [2.45, 2.75) is 33.2 Å². The molecule has 0 radical (unpaired) electrons. The molecule has 0 fully saturated rings. The lowest BCUT2D eigenvalue weighted by Crippen LogP contribution is -2.06. The number of aryl methyl sites for hydroxylation is 2. The molecule has 1 aromatic carbocycles. The third-order valence-corrected chi connectivity index (χ3v) is 4.33. The van der Waals surface area contributed by atoms with Crippen molar-refractivity contribution in [2.24, 2.45) is 7.05 Å². The predicted octanol–water partition coefficient (Wildman–Crippen LogP) is 4.23. The van der Waals surface area contributed by atoms with Gasteiger partial charge in [-0.25, -0.2) is 0 Å². The molecule has 0 spiro atoms. The Morgan fingerprint density at radius 3 is 2.37 bits per heavy atom. The molecule has 0 aliphatic carbocycles. The average molecular weight is 322 g/mol. The van der Waals surface area contributed by atoms with Crippen molar-refractivity contribution in [3.05, 3.63) is 45.7 Å². The molecule has 2 aromatic rings. The van der Waals surface area contributed by atoms with Crippen LogP contribution in [0.3, 0.4) is 0 Å². The second-order valence-corrected chi connectivity index (χ2v) is 5.89. The molecule has 0 aliphatic heterocycles. The van der Waals surface area contributed by atoms with E-state index in [1.54, 1.807) is 0 Å². The van der Waals surface area contributed by atoms with Crippen molar-refractivity contribution >= 4 is 21.6 Å². The minimum Gasteiger partial charge on any atom is -0.379 e. The molecule has 0 saturated carbocycles. The van der Waals surface area contributed by atoms with Crippen molar-refractivity contribution in [1.29, 1.82) is 0 Å². The van der Waals surface area contributed by atoms with Crippen LogP contribution in [-0.2, 0) is 13.6 Å². The first kappa shape index (κ1) is 14.1. The van der Waals surface area contributed by atoms with E-state index in [9.17, 15) is 0 Å².